The van der Waals surface area contributed by atoms with E-state index in [2.05, 4.69) is 11.1 Å². The molecule has 0 atom stereocenters. The van der Waals surface area contributed by atoms with Crippen LogP contribution in [0.5, 0.6) is 0 Å². The van der Waals surface area contributed by atoms with Gasteiger partial charge in [-0.3, -0.25) is 10.5 Å². The van der Waals surface area contributed by atoms with Crippen molar-refractivity contribution >= 4 is 35.1 Å². The lowest BCUT2D eigenvalue weighted by Crippen LogP contribution is -2.20. The Bertz CT molecular complexity index is 935. The number of benzene rings is 1. The average molecular weight is 402 g/mol. The van der Waals surface area contributed by atoms with Crippen LogP contribution in [0.4, 0.5) is 5.82 Å². The number of nitrogen functional groups attached to an aromatic ring is 1. The summed E-state index contributed by atoms with van der Waals surface area (Å²) >= 11 is 7.37. The van der Waals surface area contributed by atoms with Crippen molar-refractivity contribution in [2.75, 3.05) is 18.1 Å². The fourth-order valence-corrected chi connectivity index (χ4v) is 3.44. The van der Waals surface area contributed by atoms with Crippen molar-refractivity contribution in [2.24, 2.45) is 0 Å². The molecule has 0 aliphatic heterocycles. The Kier molecular flexibility index (Phi) is 7.48. The van der Waals surface area contributed by atoms with Crippen molar-refractivity contribution in [3.63, 3.8) is 0 Å². The van der Waals surface area contributed by atoms with E-state index in [-0.39, 0.29) is 28.7 Å². The molecule has 1 heterocycles. The number of hydrogen-bond acceptors (Lipinski definition) is 6. The van der Waals surface area contributed by atoms with Gasteiger partial charge in [0.05, 0.1) is 12.4 Å². The van der Waals surface area contributed by atoms with Gasteiger partial charge in [-0.15, -0.1) is 0 Å². The zero-order valence-corrected chi connectivity index (χ0v) is 16.3. The van der Waals surface area contributed by atoms with Crippen molar-refractivity contribution in [1.29, 1.82) is 10.5 Å². The van der Waals surface area contributed by atoms with E-state index in [1.54, 1.807) is 24.3 Å². The van der Waals surface area contributed by atoms with Crippen LogP contribution >= 0.6 is 23.4 Å². The van der Waals surface area contributed by atoms with Gasteiger partial charge in [0.25, 0.3) is 5.82 Å². The average Bonchev–Trinajstić information content (AvgIpc) is 2.66. The first-order valence-electron chi connectivity index (χ1n) is 8.25. The molecule has 0 bridgehead atoms. The van der Waals surface area contributed by atoms with Gasteiger partial charge in [0.1, 0.15) is 23.3 Å². The predicted octanol–water partition coefficient (Wildman–Crippen LogP) is 3.58. The van der Waals surface area contributed by atoms with Crippen LogP contribution in [0.2, 0.25) is 5.02 Å². The van der Waals surface area contributed by atoms with Gasteiger partial charge in [0.15, 0.2) is 5.03 Å². The molecular formula is C19H18ClN4O2S+. The molecule has 0 saturated heterocycles. The minimum absolute atomic E-state index is 0.0161. The predicted molar refractivity (Wildman–Crippen MR) is 104 cm³/mol. The van der Waals surface area contributed by atoms with Crippen LogP contribution in [0.3, 0.4) is 0 Å². The summed E-state index contributed by atoms with van der Waals surface area (Å²) in [4.78, 5) is 14.7. The maximum absolute atomic E-state index is 11.9. The molecule has 0 radical (unpaired) electrons. The van der Waals surface area contributed by atoms with E-state index in [1.807, 2.05) is 13.0 Å². The van der Waals surface area contributed by atoms with Gasteiger partial charge < -0.3 is 4.74 Å². The molecule has 1 aromatic carbocycles. The molecule has 0 aliphatic rings. The lowest BCUT2D eigenvalue weighted by Gasteiger charge is -2.11. The van der Waals surface area contributed by atoms with E-state index in [1.165, 1.54) is 0 Å². The second-order valence-corrected chi connectivity index (χ2v) is 6.95. The van der Waals surface area contributed by atoms with Gasteiger partial charge in [-0.05, 0) is 12.5 Å². The summed E-state index contributed by atoms with van der Waals surface area (Å²) in [5, 5.41) is 20.0. The number of H-pyrrole nitrogens is 1. The fourth-order valence-electron chi connectivity index (χ4n) is 2.39. The van der Waals surface area contributed by atoms with Crippen molar-refractivity contribution in [3.8, 4) is 23.3 Å². The molecule has 6 nitrogen and oxygen atoms in total. The fraction of sp³-hybridized carbons (Fsp3) is 0.263. The number of esters is 1. The van der Waals surface area contributed by atoms with Gasteiger partial charge in [-0.25, -0.2) is 4.98 Å². The maximum Gasteiger partial charge on any atom is 0.316 e. The highest BCUT2D eigenvalue weighted by molar-refractivity contribution is 7.99. The number of ether oxygens (including phenoxy) is 1. The van der Waals surface area contributed by atoms with Gasteiger partial charge >= 0.3 is 5.97 Å². The Morgan fingerprint density at radius 2 is 2.00 bits per heavy atom. The first-order chi connectivity index (χ1) is 13.0. The van der Waals surface area contributed by atoms with E-state index in [4.69, 9.17) is 22.1 Å². The molecule has 2 rings (SSSR count). The molecule has 0 aliphatic carbocycles. The van der Waals surface area contributed by atoms with Crippen LogP contribution < -0.4 is 10.7 Å². The topological polar surface area (TPSA) is 114 Å². The van der Waals surface area contributed by atoms with Gasteiger partial charge in [0, 0.05) is 16.1 Å². The lowest BCUT2D eigenvalue weighted by atomic mass is 9.97. The van der Waals surface area contributed by atoms with Crippen LogP contribution in [0.1, 0.15) is 30.9 Å². The standard InChI is InChI=1S/C19H17ClN4O2S/c1-2-3-8-26-16(25)11-27-19-14(10-22)17(13(9-21)18(23)24-19)12-6-4-5-7-15(12)20/h4-7H,2-3,8,11H2,1H3,(H2,23,24)/p+1. The maximum atomic E-state index is 11.9. The van der Waals surface area contributed by atoms with Crippen LogP contribution in [0, 0.1) is 22.7 Å². The number of carbonyl (C=O) groups is 1. The number of rotatable bonds is 7. The summed E-state index contributed by atoms with van der Waals surface area (Å²) in [6.45, 7) is 2.37. The second-order valence-electron chi connectivity index (χ2n) is 5.56. The van der Waals surface area contributed by atoms with E-state index < -0.39 is 0 Å². The molecule has 8 heteroatoms. The molecule has 138 valence electrons. The first-order valence-corrected chi connectivity index (χ1v) is 9.62. The number of halogens is 1. The highest BCUT2D eigenvalue weighted by atomic mass is 35.5. The summed E-state index contributed by atoms with van der Waals surface area (Å²) in [7, 11) is 0. The summed E-state index contributed by atoms with van der Waals surface area (Å²) in [5.41, 5.74) is 7.21. The van der Waals surface area contributed by atoms with Crippen molar-refractivity contribution in [1.82, 2.24) is 0 Å². The van der Waals surface area contributed by atoms with E-state index in [0.717, 1.165) is 24.6 Å². The van der Waals surface area contributed by atoms with Crippen LogP contribution in [-0.2, 0) is 9.53 Å². The number of hydrogen-bond donors (Lipinski definition) is 1. The van der Waals surface area contributed by atoms with Gasteiger partial charge in [-0.2, -0.15) is 10.5 Å². The third-order valence-corrected chi connectivity index (χ3v) is 5.01. The third-order valence-electron chi connectivity index (χ3n) is 3.71. The summed E-state index contributed by atoms with van der Waals surface area (Å²) in [6.07, 6.45) is 1.73. The number of anilines is 1. The molecule has 27 heavy (non-hydrogen) atoms. The zero-order chi connectivity index (χ0) is 19.8. The highest BCUT2D eigenvalue weighted by Gasteiger charge is 2.25. The monoisotopic (exact) mass is 401 g/mol. The Morgan fingerprint density at radius 1 is 1.30 bits per heavy atom. The Balaban J connectivity index is 2.43. The van der Waals surface area contributed by atoms with Crippen molar-refractivity contribution in [2.45, 2.75) is 24.8 Å². The van der Waals surface area contributed by atoms with E-state index >= 15 is 0 Å². The molecule has 2 aromatic rings. The third kappa shape index (κ3) is 4.91. The molecule has 0 saturated carbocycles. The number of aromatic amines is 1. The SMILES string of the molecule is CCCCOC(=O)CSc1[nH+]c(N)c(C#N)c(-c2ccccc2Cl)c1C#N. The second kappa shape index (κ2) is 9.82. The molecule has 0 unspecified atom stereocenters. The molecular weight excluding hydrogens is 384 g/mol. The smallest absolute Gasteiger partial charge is 0.316 e. The summed E-state index contributed by atoms with van der Waals surface area (Å²) in [5.74, 6) is -0.261. The van der Waals surface area contributed by atoms with Gasteiger partial charge in [0.2, 0.25) is 0 Å². The number of thioether (sulfide) groups is 1. The van der Waals surface area contributed by atoms with Crippen molar-refractivity contribution in [3.05, 3.63) is 40.4 Å². The first kappa shape index (κ1) is 20.6. The van der Waals surface area contributed by atoms with Crippen LogP contribution in [0.25, 0.3) is 11.1 Å². The van der Waals surface area contributed by atoms with E-state index in [0.29, 0.717) is 27.8 Å². The van der Waals surface area contributed by atoms with Crippen LogP contribution in [0.15, 0.2) is 29.3 Å². The van der Waals surface area contributed by atoms with Crippen molar-refractivity contribution < 1.29 is 14.5 Å². The molecule has 1 aromatic heterocycles. The summed E-state index contributed by atoms with van der Waals surface area (Å²) in [6, 6.07) is 11.0. The summed E-state index contributed by atoms with van der Waals surface area (Å²) < 4.78 is 5.13. The number of nitrogens with one attached hydrogen (secondary N) is 1. The van der Waals surface area contributed by atoms with Crippen LogP contribution in [-0.4, -0.2) is 18.3 Å². The number of aromatic nitrogens is 1. The number of pyridine rings is 1. The number of nitrogens with two attached hydrogens (primary N) is 1. The quantitative estimate of drug-likeness (QED) is 0.430. The highest BCUT2D eigenvalue weighted by Crippen LogP contribution is 2.37. The number of unbranched alkanes of at least 4 members (excludes halogenated alkanes) is 1. The normalized spacial score (nSPS) is 10.1. The Morgan fingerprint density at radius 3 is 2.63 bits per heavy atom. The molecule has 0 fully saturated rings. The Hall–Kier alpha value is -2.74. The molecule has 0 amide bonds. The minimum Gasteiger partial charge on any atom is -0.465 e. The molecule has 3 N–H and O–H groups in total. The lowest BCUT2D eigenvalue weighted by molar-refractivity contribution is -0.410. The van der Waals surface area contributed by atoms with E-state index in [9.17, 15) is 15.3 Å². The largest absolute Gasteiger partial charge is 0.465 e. The molecule has 0 spiro atoms. The Labute approximate surface area is 166 Å². The zero-order valence-electron chi connectivity index (χ0n) is 14.7. The minimum atomic E-state index is -0.382. The number of nitrogens with zero attached hydrogens (tertiary/aromatic N) is 2. The van der Waals surface area contributed by atoms with Gasteiger partial charge in [-0.1, -0.05) is 54.9 Å². The number of carbonyl (C=O) groups excluding carboxylic acids is 1. The number of nitriles is 2.